The molecule has 4 nitrogen and oxygen atoms in total. The monoisotopic (exact) mass is 425 g/mol. The second kappa shape index (κ2) is 8.81. The number of aromatic nitrogens is 1. The Morgan fingerprint density at radius 1 is 1.20 bits per heavy atom. The van der Waals surface area contributed by atoms with Gasteiger partial charge in [-0.05, 0) is 43.4 Å². The Hall–Kier alpha value is -1.40. The van der Waals surface area contributed by atoms with Gasteiger partial charge in [-0.3, -0.25) is 0 Å². The van der Waals surface area contributed by atoms with Crippen molar-refractivity contribution in [2.45, 2.75) is 26.7 Å². The summed E-state index contributed by atoms with van der Waals surface area (Å²) in [5.74, 6) is 0.674. The molecule has 0 N–H and O–H groups in total. The summed E-state index contributed by atoms with van der Waals surface area (Å²) < 4.78 is 27.9. The van der Waals surface area contributed by atoms with Crippen LogP contribution in [0, 0.1) is 13.8 Å². The molecule has 6 heteroatoms. The Morgan fingerprint density at radius 3 is 2.60 bits per heavy atom. The maximum absolute atomic E-state index is 11.2. The molecule has 0 saturated heterocycles. The molecule has 2 rings (SSSR count). The van der Waals surface area contributed by atoms with E-state index in [0.717, 1.165) is 34.1 Å². The van der Waals surface area contributed by atoms with Crippen LogP contribution in [0.5, 0.6) is 5.88 Å². The lowest BCUT2D eigenvalue weighted by molar-refractivity contribution is 0.305. The third-order valence-electron chi connectivity index (χ3n) is 3.88. The standard InChI is InChI=1S/C19H24BrNO3S/c1-14-12-18(24-10-5-11-25(3,22)23)21-15(2)19(14)17-7-4-6-16(13-17)8-9-20/h4,6-7,12-13H,5,8-11H2,1-3H3. The van der Waals surface area contributed by atoms with Crippen LogP contribution in [0.3, 0.4) is 0 Å². The molecule has 0 spiro atoms. The molecule has 0 fully saturated rings. The predicted molar refractivity (Wildman–Crippen MR) is 106 cm³/mol. The second-order valence-electron chi connectivity index (χ2n) is 6.21. The molecule has 0 bridgehead atoms. The molecular formula is C19H24BrNO3S. The molecule has 0 aliphatic carbocycles. The number of aryl methyl sites for hydroxylation is 3. The van der Waals surface area contributed by atoms with Crippen LogP contribution in [-0.4, -0.2) is 37.3 Å². The summed E-state index contributed by atoms with van der Waals surface area (Å²) in [6, 6.07) is 10.4. The van der Waals surface area contributed by atoms with Crippen molar-refractivity contribution in [3.8, 4) is 17.0 Å². The molecular weight excluding hydrogens is 402 g/mol. The molecule has 0 atom stereocenters. The van der Waals surface area contributed by atoms with E-state index in [1.54, 1.807) is 0 Å². The van der Waals surface area contributed by atoms with Crippen LogP contribution in [0.25, 0.3) is 11.1 Å². The topological polar surface area (TPSA) is 56.3 Å². The molecule has 0 unspecified atom stereocenters. The molecule has 136 valence electrons. The summed E-state index contributed by atoms with van der Waals surface area (Å²) in [7, 11) is -2.95. The van der Waals surface area contributed by atoms with Gasteiger partial charge in [-0.1, -0.05) is 40.2 Å². The number of alkyl halides is 1. The van der Waals surface area contributed by atoms with Gasteiger partial charge in [0.05, 0.1) is 12.4 Å². The molecule has 0 aliphatic heterocycles. The highest BCUT2D eigenvalue weighted by Crippen LogP contribution is 2.29. The molecule has 0 saturated carbocycles. The fourth-order valence-electron chi connectivity index (χ4n) is 2.80. The average Bonchev–Trinajstić information content (AvgIpc) is 2.51. The quantitative estimate of drug-likeness (QED) is 0.471. The summed E-state index contributed by atoms with van der Waals surface area (Å²) in [5.41, 5.74) is 5.58. The van der Waals surface area contributed by atoms with E-state index in [4.69, 9.17) is 4.74 Å². The summed E-state index contributed by atoms with van der Waals surface area (Å²) in [5, 5.41) is 0.937. The summed E-state index contributed by atoms with van der Waals surface area (Å²) in [4.78, 5) is 4.54. The number of nitrogens with zero attached hydrogens (tertiary/aromatic N) is 1. The zero-order valence-electron chi connectivity index (χ0n) is 14.9. The number of sulfone groups is 1. The molecule has 1 aromatic carbocycles. The lowest BCUT2D eigenvalue weighted by atomic mass is 9.97. The van der Waals surface area contributed by atoms with E-state index in [9.17, 15) is 8.42 Å². The van der Waals surface area contributed by atoms with E-state index < -0.39 is 9.84 Å². The van der Waals surface area contributed by atoms with Gasteiger partial charge in [-0.15, -0.1) is 0 Å². The zero-order chi connectivity index (χ0) is 18.4. The van der Waals surface area contributed by atoms with Crippen molar-refractivity contribution in [2.24, 2.45) is 0 Å². The molecule has 1 heterocycles. The number of pyridine rings is 1. The first-order valence-electron chi connectivity index (χ1n) is 8.24. The van der Waals surface area contributed by atoms with Crippen LogP contribution >= 0.6 is 15.9 Å². The van der Waals surface area contributed by atoms with Crippen LogP contribution in [-0.2, 0) is 16.3 Å². The van der Waals surface area contributed by atoms with E-state index in [-0.39, 0.29) is 5.75 Å². The van der Waals surface area contributed by atoms with Gasteiger partial charge in [0.2, 0.25) is 5.88 Å². The lowest BCUT2D eigenvalue weighted by Gasteiger charge is -2.13. The fourth-order valence-corrected chi connectivity index (χ4v) is 3.90. The third-order valence-corrected chi connectivity index (χ3v) is 5.31. The van der Waals surface area contributed by atoms with Crippen molar-refractivity contribution in [1.82, 2.24) is 4.98 Å². The van der Waals surface area contributed by atoms with Gasteiger partial charge < -0.3 is 4.74 Å². The minimum absolute atomic E-state index is 0.128. The Morgan fingerprint density at radius 2 is 1.96 bits per heavy atom. The van der Waals surface area contributed by atoms with E-state index in [1.165, 1.54) is 11.8 Å². The van der Waals surface area contributed by atoms with Crippen molar-refractivity contribution in [3.05, 3.63) is 47.2 Å². The van der Waals surface area contributed by atoms with Gasteiger partial charge in [0.1, 0.15) is 9.84 Å². The largest absolute Gasteiger partial charge is 0.478 e. The Kier molecular flexibility index (Phi) is 7.02. The van der Waals surface area contributed by atoms with Gasteiger partial charge in [-0.2, -0.15) is 0 Å². The molecule has 0 amide bonds. The van der Waals surface area contributed by atoms with Crippen molar-refractivity contribution in [1.29, 1.82) is 0 Å². The first-order valence-corrected chi connectivity index (χ1v) is 11.4. The summed E-state index contributed by atoms with van der Waals surface area (Å²) in [6.07, 6.45) is 2.69. The summed E-state index contributed by atoms with van der Waals surface area (Å²) >= 11 is 3.48. The van der Waals surface area contributed by atoms with Gasteiger partial charge in [0, 0.05) is 28.9 Å². The van der Waals surface area contributed by atoms with Gasteiger partial charge in [0.15, 0.2) is 0 Å². The fraction of sp³-hybridized carbons (Fsp3) is 0.421. The second-order valence-corrected chi connectivity index (χ2v) is 9.26. The predicted octanol–water partition coefficient (Wildman–Crippen LogP) is 4.12. The van der Waals surface area contributed by atoms with Crippen molar-refractivity contribution >= 4 is 25.8 Å². The molecule has 1 aromatic heterocycles. The normalized spacial score (nSPS) is 11.5. The number of benzene rings is 1. The van der Waals surface area contributed by atoms with Crippen molar-refractivity contribution in [2.75, 3.05) is 23.9 Å². The van der Waals surface area contributed by atoms with Crippen LogP contribution < -0.4 is 4.74 Å². The zero-order valence-corrected chi connectivity index (χ0v) is 17.3. The Bertz CT molecular complexity index is 811. The number of halogens is 1. The van der Waals surface area contributed by atoms with Crippen LogP contribution in [0.2, 0.25) is 0 Å². The molecule has 2 aromatic rings. The number of hydrogen-bond donors (Lipinski definition) is 0. The van der Waals surface area contributed by atoms with E-state index in [0.29, 0.717) is 18.9 Å². The average molecular weight is 426 g/mol. The number of ether oxygens (including phenoxy) is 1. The van der Waals surface area contributed by atoms with E-state index in [2.05, 4.69) is 45.2 Å². The molecule has 25 heavy (non-hydrogen) atoms. The number of rotatable bonds is 8. The van der Waals surface area contributed by atoms with Crippen LogP contribution in [0.1, 0.15) is 23.2 Å². The van der Waals surface area contributed by atoms with Crippen LogP contribution in [0.4, 0.5) is 0 Å². The van der Waals surface area contributed by atoms with Gasteiger partial charge in [0.25, 0.3) is 0 Å². The highest BCUT2D eigenvalue weighted by atomic mass is 79.9. The summed E-state index contributed by atoms with van der Waals surface area (Å²) in [6.45, 7) is 4.37. The first kappa shape index (κ1) is 19.9. The van der Waals surface area contributed by atoms with E-state index in [1.807, 2.05) is 19.9 Å². The third kappa shape index (κ3) is 6.12. The Balaban J connectivity index is 2.16. The molecule has 0 radical (unpaired) electrons. The Labute approximate surface area is 158 Å². The van der Waals surface area contributed by atoms with Crippen LogP contribution in [0.15, 0.2) is 30.3 Å². The SMILES string of the molecule is Cc1cc(OCCCS(C)(=O)=O)nc(C)c1-c1cccc(CCBr)c1. The maximum atomic E-state index is 11.2. The maximum Gasteiger partial charge on any atom is 0.213 e. The first-order chi connectivity index (χ1) is 11.8. The minimum atomic E-state index is -2.95. The molecule has 0 aliphatic rings. The van der Waals surface area contributed by atoms with Crippen molar-refractivity contribution < 1.29 is 13.2 Å². The lowest BCUT2D eigenvalue weighted by Crippen LogP contribution is -2.09. The van der Waals surface area contributed by atoms with Crippen molar-refractivity contribution in [3.63, 3.8) is 0 Å². The highest BCUT2D eigenvalue weighted by Gasteiger charge is 2.11. The minimum Gasteiger partial charge on any atom is -0.478 e. The van der Waals surface area contributed by atoms with E-state index >= 15 is 0 Å². The van der Waals surface area contributed by atoms with Gasteiger partial charge >= 0.3 is 0 Å². The highest BCUT2D eigenvalue weighted by molar-refractivity contribution is 9.09. The smallest absolute Gasteiger partial charge is 0.213 e. The van der Waals surface area contributed by atoms with Gasteiger partial charge in [-0.25, -0.2) is 13.4 Å². The number of hydrogen-bond acceptors (Lipinski definition) is 4.